The predicted molar refractivity (Wildman–Crippen MR) is 154 cm³/mol. The van der Waals surface area contributed by atoms with Crippen molar-refractivity contribution < 1.29 is 26.4 Å². The van der Waals surface area contributed by atoms with E-state index in [-0.39, 0.29) is 29.2 Å². The second-order valence-electron chi connectivity index (χ2n) is 8.90. The average Bonchev–Trinajstić information content (AvgIpc) is 2.94. The van der Waals surface area contributed by atoms with Crippen LogP contribution >= 0.6 is 0 Å². The molecule has 3 N–H and O–H groups in total. The van der Waals surface area contributed by atoms with Crippen LogP contribution in [-0.4, -0.2) is 43.4 Å². The highest BCUT2D eigenvalue weighted by atomic mass is 32.2. The molecule has 3 rings (SSSR count). The van der Waals surface area contributed by atoms with Crippen LogP contribution in [0.2, 0.25) is 0 Å². The zero-order chi connectivity index (χ0) is 32.1. The molecule has 226 valence electrons. The SMILES string of the molecule is CCNC(=O)NS(=O)(=O)/C(C=NC)=C(/Nc1ccc(C#N)cc1)c1c(C)n(-c2cccc(C(F)(F)F)c2)c(=O)n(C)c1=O. The van der Waals surface area contributed by atoms with Crippen LogP contribution in [0.4, 0.5) is 23.7 Å². The molecule has 0 aliphatic heterocycles. The number of hydrogen-bond acceptors (Lipinski definition) is 8. The molecular weight excluding hydrogens is 591 g/mol. The number of hydrogen-bond donors (Lipinski definition) is 3. The number of allylic oxidation sites excluding steroid dienone is 1. The molecule has 1 heterocycles. The monoisotopic (exact) mass is 617 g/mol. The summed E-state index contributed by atoms with van der Waals surface area (Å²) < 4.78 is 70.8. The van der Waals surface area contributed by atoms with Gasteiger partial charge < -0.3 is 10.6 Å². The summed E-state index contributed by atoms with van der Waals surface area (Å²) in [4.78, 5) is 42.2. The Bertz CT molecular complexity index is 1890. The molecule has 0 aliphatic rings. The second-order valence-corrected chi connectivity index (χ2v) is 10.5. The molecule has 16 heteroatoms. The number of nitrogens with zero attached hydrogens (tertiary/aromatic N) is 4. The van der Waals surface area contributed by atoms with Gasteiger partial charge in [-0.25, -0.2) is 22.7 Å². The number of benzene rings is 2. The first-order chi connectivity index (χ1) is 20.2. The molecule has 2 aromatic carbocycles. The molecule has 2 amide bonds. The van der Waals surface area contributed by atoms with Crippen LogP contribution in [-0.2, 0) is 23.2 Å². The first kappa shape index (κ1) is 32.3. The maximum atomic E-state index is 13.6. The van der Waals surface area contributed by atoms with Crippen LogP contribution in [0.5, 0.6) is 0 Å². The van der Waals surface area contributed by atoms with Crippen molar-refractivity contribution in [2.45, 2.75) is 20.0 Å². The number of carbonyl (C=O) groups excluding carboxylic acids is 1. The highest BCUT2D eigenvalue weighted by Gasteiger charge is 2.32. The Kier molecular flexibility index (Phi) is 9.61. The van der Waals surface area contributed by atoms with Gasteiger partial charge >= 0.3 is 17.9 Å². The third-order valence-electron chi connectivity index (χ3n) is 6.01. The maximum absolute atomic E-state index is 13.6. The standard InChI is InChI=1S/C27H26F3N7O5S/c1-5-33-25(39)35-43(41,42)21(15-32-3)23(34-19-11-9-17(14-31)10-12-19)22-16(2)37(26(40)36(4)24(22)38)20-8-6-7-18(13-20)27(28,29)30/h6-13,15,34H,5H2,1-4H3,(H2,33,35,39)/b23-21+,32-15?. The Labute approximate surface area is 243 Å². The van der Waals surface area contributed by atoms with Gasteiger partial charge in [-0.05, 0) is 56.3 Å². The van der Waals surface area contributed by atoms with Crippen molar-refractivity contribution in [1.82, 2.24) is 19.2 Å². The molecular formula is C27H26F3N7O5S. The van der Waals surface area contributed by atoms with Gasteiger partial charge in [0.15, 0.2) is 0 Å². The molecule has 12 nitrogen and oxygen atoms in total. The van der Waals surface area contributed by atoms with E-state index in [1.165, 1.54) is 44.3 Å². The van der Waals surface area contributed by atoms with E-state index in [9.17, 15) is 36.0 Å². The summed E-state index contributed by atoms with van der Waals surface area (Å²) in [6, 6.07) is 10.3. The van der Waals surface area contributed by atoms with E-state index in [1.54, 1.807) is 6.92 Å². The minimum Gasteiger partial charge on any atom is -0.354 e. The van der Waals surface area contributed by atoms with Gasteiger partial charge in [-0.3, -0.25) is 18.9 Å². The molecule has 0 atom stereocenters. The van der Waals surface area contributed by atoms with E-state index in [0.29, 0.717) is 10.6 Å². The van der Waals surface area contributed by atoms with Gasteiger partial charge in [-0.1, -0.05) is 6.07 Å². The van der Waals surface area contributed by atoms with Crippen LogP contribution in [0.25, 0.3) is 11.4 Å². The summed E-state index contributed by atoms with van der Waals surface area (Å²) in [7, 11) is -2.47. The third kappa shape index (κ3) is 7.01. The number of urea groups is 1. The number of anilines is 1. The van der Waals surface area contributed by atoms with E-state index < -0.39 is 55.2 Å². The van der Waals surface area contributed by atoms with Crippen LogP contribution in [0, 0.1) is 18.3 Å². The van der Waals surface area contributed by atoms with Crippen LogP contribution in [0.15, 0.2) is 68.0 Å². The first-order valence-electron chi connectivity index (χ1n) is 12.4. The summed E-state index contributed by atoms with van der Waals surface area (Å²) in [5.74, 6) is 0. The first-order valence-corrected chi connectivity index (χ1v) is 13.9. The molecule has 0 unspecified atom stereocenters. The van der Waals surface area contributed by atoms with Crippen molar-refractivity contribution in [2.24, 2.45) is 12.0 Å². The van der Waals surface area contributed by atoms with Crippen molar-refractivity contribution in [3.05, 3.63) is 96.7 Å². The Morgan fingerprint density at radius 3 is 2.35 bits per heavy atom. The van der Waals surface area contributed by atoms with Crippen molar-refractivity contribution in [2.75, 3.05) is 18.9 Å². The zero-order valence-electron chi connectivity index (χ0n) is 23.3. The van der Waals surface area contributed by atoms with Crippen LogP contribution in [0.3, 0.4) is 0 Å². The fraction of sp³-hybridized carbons (Fsp3) is 0.222. The Balaban J connectivity index is 2.49. The predicted octanol–water partition coefficient (Wildman–Crippen LogP) is 2.87. The van der Waals surface area contributed by atoms with Gasteiger partial charge in [-0.2, -0.15) is 18.4 Å². The van der Waals surface area contributed by atoms with Gasteiger partial charge in [-0.15, -0.1) is 0 Å². The molecule has 0 spiro atoms. The molecule has 0 saturated heterocycles. The zero-order valence-corrected chi connectivity index (χ0v) is 24.1. The largest absolute Gasteiger partial charge is 0.416 e. The summed E-state index contributed by atoms with van der Waals surface area (Å²) in [5, 5.41) is 14.2. The molecule has 0 fully saturated rings. The van der Waals surface area contributed by atoms with Crippen LogP contribution in [0.1, 0.15) is 29.3 Å². The second kappa shape index (κ2) is 12.8. The van der Waals surface area contributed by atoms with Crippen molar-refractivity contribution >= 4 is 33.7 Å². The number of rotatable bonds is 8. The molecule has 43 heavy (non-hydrogen) atoms. The lowest BCUT2D eigenvalue weighted by Crippen LogP contribution is -2.42. The molecule has 0 aliphatic carbocycles. The molecule has 0 bridgehead atoms. The van der Waals surface area contributed by atoms with Crippen molar-refractivity contribution in [3.63, 3.8) is 0 Å². The van der Waals surface area contributed by atoms with Gasteiger partial charge in [0.05, 0.1) is 34.1 Å². The Morgan fingerprint density at radius 2 is 1.79 bits per heavy atom. The summed E-state index contributed by atoms with van der Waals surface area (Å²) in [6.45, 7) is 2.89. The number of sulfonamides is 1. The average molecular weight is 618 g/mol. The van der Waals surface area contributed by atoms with Gasteiger partial charge in [0.2, 0.25) is 0 Å². The number of alkyl halides is 3. The highest BCUT2D eigenvalue weighted by Crippen LogP contribution is 2.31. The lowest BCUT2D eigenvalue weighted by molar-refractivity contribution is -0.137. The van der Waals surface area contributed by atoms with E-state index in [1.807, 2.05) is 10.8 Å². The normalized spacial score (nSPS) is 12.4. The topological polar surface area (TPSA) is 167 Å². The number of halogens is 3. The van der Waals surface area contributed by atoms with Gasteiger partial charge in [0.1, 0.15) is 4.91 Å². The lowest BCUT2D eigenvalue weighted by Gasteiger charge is -2.21. The number of aliphatic imine (C=N–C) groups is 1. The number of nitrogens with one attached hydrogen (secondary N) is 3. The van der Waals surface area contributed by atoms with Gasteiger partial charge in [0.25, 0.3) is 15.6 Å². The van der Waals surface area contributed by atoms with E-state index in [2.05, 4.69) is 15.6 Å². The third-order valence-corrected chi connectivity index (χ3v) is 7.35. The number of amides is 2. The fourth-order valence-corrected chi connectivity index (χ4v) is 5.10. The van der Waals surface area contributed by atoms with E-state index >= 15 is 0 Å². The van der Waals surface area contributed by atoms with Crippen molar-refractivity contribution in [3.8, 4) is 11.8 Å². The quantitative estimate of drug-likeness (QED) is 0.327. The number of nitriles is 1. The molecule has 0 radical (unpaired) electrons. The Hall–Kier alpha value is -5.17. The number of aromatic nitrogens is 2. The maximum Gasteiger partial charge on any atom is 0.416 e. The fourth-order valence-electron chi connectivity index (χ4n) is 4.01. The highest BCUT2D eigenvalue weighted by molar-refractivity contribution is 7.95. The summed E-state index contributed by atoms with van der Waals surface area (Å²) >= 11 is 0. The van der Waals surface area contributed by atoms with Crippen molar-refractivity contribution in [1.29, 1.82) is 5.26 Å². The minimum absolute atomic E-state index is 0.0836. The van der Waals surface area contributed by atoms with E-state index in [4.69, 9.17) is 5.26 Å². The van der Waals surface area contributed by atoms with E-state index in [0.717, 1.165) is 30.0 Å². The molecule has 0 saturated carbocycles. The lowest BCUT2D eigenvalue weighted by atomic mass is 10.1. The number of carbonyl (C=O) groups is 1. The Morgan fingerprint density at radius 1 is 1.14 bits per heavy atom. The minimum atomic E-state index is -4.78. The molecule has 3 aromatic rings. The summed E-state index contributed by atoms with van der Waals surface area (Å²) in [5.41, 5.74) is -3.98. The van der Waals surface area contributed by atoms with Crippen LogP contribution < -0.4 is 26.6 Å². The smallest absolute Gasteiger partial charge is 0.354 e. The van der Waals surface area contributed by atoms with Gasteiger partial charge in [0, 0.05) is 38.2 Å². The summed E-state index contributed by atoms with van der Waals surface area (Å²) in [6.07, 6.45) is -3.89. The molecule has 1 aromatic heterocycles.